The molecule has 3 aromatic rings. The monoisotopic (exact) mass is 410 g/mol. The van der Waals surface area contributed by atoms with Crippen LogP contribution in [0.5, 0.6) is 0 Å². The van der Waals surface area contributed by atoms with Crippen molar-refractivity contribution in [1.29, 1.82) is 0 Å². The van der Waals surface area contributed by atoms with Gasteiger partial charge in [0.1, 0.15) is 0 Å². The molecule has 0 atom stereocenters. The Morgan fingerprint density at radius 2 is 1.79 bits per heavy atom. The van der Waals surface area contributed by atoms with Gasteiger partial charge in [-0.15, -0.1) is 5.10 Å². The van der Waals surface area contributed by atoms with Crippen molar-refractivity contribution in [3.63, 3.8) is 0 Å². The summed E-state index contributed by atoms with van der Waals surface area (Å²) in [6.07, 6.45) is 0.817. The first-order chi connectivity index (χ1) is 14.2. The molecule has 0 spiro atoms. The lowest BCUT2D eigenvalue weighted by molar-refractivity contribution is -0.122. The molecule has 9 heteroatoms. The number of aryl methyl sites for hydroxylation is 1. The fourth-order valence-electron chi connectivity index (χ4n) is 2.66. The Kier molecular flexibility index (Phi) is 7.34. The Labute approximate surface area is 173 Å². The number of benzene rings is 2. The first kappa shape index (κ1) is 20.5. The second-order valence-corrected chi connectivity index (χ2v) is 7.17. The van der Waals surface area contributed by atoms with Crippen molar-refractivity contribution in [2.75, 3.05) is 17.6 Å². The quantitative estimate of drug-likeness (QED) is 0.524. The van der Waals surface area contributed by atoms with E-state index in [1.54, 1.807) is 4.68 Å². The standard InChI is InChI=1S/C20H22N6O2S/c1-2-16-10-6-7-11-17(16)22-18(27)12-21-19(28)14-29-20-23-24-25-26(20)13-15-8-4-3-5-9-15/h3-11H,2,12-14H2,1H3,(H,21,28)(H,22,27). The largest absolute Gasteiger partial charge is 0.346 e. The van der Waals surface area contributed by atoms with E-state index in [4.69, 9.17) is 0 Å². The second kappa shape index (κ2) is 10.4. The normalized spacial score (nSPS) is 10.5. The predicted molar refractivity (Wildman–Crippen MR) is 112 cm³/mol. The van der Waals surface area contributed by atoms with E-state index in [1.165, 1.54) is 11.8 Å². The highest BCUT2D eigenvalue weighted by Crippen LogP contribution is 2.16. The van der Waals surface area contributed by atoms with Gasteiger partial charge in [0.05, 0.1) is 18.8 Å². The van der Waals surface area contributed by atoms with Crippen LogP contribution in [0.25, 0.3) is 0 Å². The zero-order valence-electron chi connectivity index (χ0n) is 16.0. The van der Waals surface area contributed by atoms with E-state index in [0.29, 0.717) is 11.7 Å². The summed E-state index contributed by atoms with van der Waals surface area (Å²) in [6.45, 7) is 2.46. The van der Waals surface area contributed by atoms with Crippen LogP contribution in [0.2, 0.25) is 0 Å². The Hall–Kier alpha value is -3.20. The summed E-state index contributed by atoms with van der Waals surface area (Å²) < 4.78 is 1.64. The number of thioether (sulfide) groups is 1. The fourth-order valence-corrected chi connectivity index (χ4v) is 3.37. The molecular weight excluding hydrogens is 388 g/mol. The molecule has 0 aliphatic carbocycles. The van der Waals surface area contributed by atoms with Crippen molar-refractivity contribution in [3.05, 3.63) is 65.7 Å². The van der Waals surface area contributed by atoms with Crippen LogP contribution in [0.3, 0.4) is 0 Å². The van der Waals surface area contributed by atoms with E-state index in [0.717, 1.165) is 23.2 Å². The topological polar surface area (TPSA) is 102 Å². The molecule has 2 amide bonds. The number of rotatable bonds is 9. The van der Waals surface area contributed by atoms with Gasteiger partial charge in [0.2, 0.25) is 17.0 Å². The Morgan fingerprint density at radius 1 is 1.03 bits per heavy atom. The zero-order valence-corrected chi connectivity index (χ0v) is 16.9. The van der Waals surface area contributed by atoms with Crippen LogP contribution in [0.4, 0.5) is 5.69 Å². The average molecular weight is 411 g/mol. The summed E-state index contributed by atoms with van der Waals surface area (Å²) in [7, 11) is 0. The maximum absolute atomic E-state index is 12.1. The molecule has 0 aliphatic heterocycles. The maximum Gasteiger partial charge on any atom is 0.243 e. The lowest BCUT2D eigenvalue weighted by Gasteiger charge is -2.10. The molecule has 29 heavy (non-hydrogen) atoms. The van der Waals surface area contributed by atoms with Crippen LogP contribution < -0.4 is 10.6 Å². The van der Waals surface area contributed by atoms with E-state index in [9.17, 15) is 9.59 Å². The van der Waals surface area contributed by atoms with E-state index in [2.05, 4.69) is 26.2 Å². The zero-order chi connectivity index (χ0) is 20.5. The van der Waals surface area contributed by atoms with Crippen molar-refractivity contribution >= 4 is 29.3 Å². The molecule has 0 saturated heterocycles. The van der Waals surface area contributed by atoms with Crippen molar-refractivity contribution < 1.29 is 9.59 Å². The Morgan fingerprint density at radius 3 is 2.59 bits per heavy atom. The predicted octanol–water partition coefficient (Wildman–Crippen LogP) is 2.13. The molecule has 0 unspecified atom stereocenters. The molecule has 0 fully saturated rings. The molecule has 150 valence electrons. The first-order valence-electron chi connectivity index (χ1n) is 9.23. The van der Waals surface area contributed by atoms with Gasteiger partial charge in [-0.25, -0.2) is 4.68 Å². The van der Waals surface area contributed by atoms with Crippen LogP contribution in [-0.4, -0.2) is 44.3 Å². The van der Waals surface area contributed by atoms with Gasteiger partial charge in [-0.05, 0) is 34.0 Å². The number of hydrogen-bond donors (Lipinski definition) is 2. The molecule has 8 nitrogen and oxygen atoms in total. The molecule has 2 N–H and O–H groups in total. The number of hydrogen-bond acceptors (Lipinski definition) is 6. The van der Waals surface area contributed by atoms with Crippen LogP contribution in [0, 0.1) is 0 Å². The van der Waals surface area contributed by atoms with Crippen molar-refractivity contribution in [3.8, 4) is 0 Å². The first-order valence-corrected chi connectivity index (χ1v) is 10.2. The molecule has 2 aromatic carbocycles. The molecular formula is C20H22N6O2S. The summed E-state index contributed by atoms with van der Waals surface area (Å²) in [4.78, 5) is 24.2. The van der Waals surface area contributed by atoms with Crippen molar-refractivity contribution in [1.82, 2.24) is 25.5 Å². The highest BCUT2D eigenvalue weighted by molar-refractivity contribution is 7.99. The number of nitrogens with one attached hydrogen (secondary N) is 2. The lowest BCUT2D eigenvalue weighted by Crippen LogP contribution is -2.34. The molecule has 0 radical (unpaired) electrons. The number of aromatic nitrogens is 4. The number of amides is 2. The third-order valence-electron chi connectivity index (χ3n) is 4.13. The number of carbonyl (C=O) groups is 2. The fraction of sp³-hybridized carbons (Fsp3) is 0.250. The van der Waals surface area contributed by atoms with E-state index >= 15 is 0 Å². The number of anilines is 1. The maximum atomic E-state index is 12.1. The highest BCUT2D eigenvalue weighted by Gasteiger charge is 2.12. The Balaban J connectivity index is 1.45. The minimum Gasteiger partial charge on any atom is -0.346 e. The molecule has 1 aromatic heterocycles. The number of carbonyl (C=O) groups excluding carboxylic acids is 2. The molecule has 0 aliphatic rings. The van der Waals surface area contributed by atoms with Gasteiger partial charge < -0.3 is 10.6 Å². The van der Waals surface area contributed by atoms with Gasteiger partial charge in [-0.3, -0.25) is 9.59 Å². The van der Waals surface area contributed by atoms with Gasteiger partial charge in [0.25, 0.3) is 0 Å². The molecule has 3 rings (SSSR count). The van der Waals surface area contributed by atoms with Gasteiger partial charge in [0.15, 0.2) is 0 Å². The van der Waals surface area contributed by atoms with E-state index in [1.807, 2.05) is 61.5 Å². The summed E-state index contributed by atoms with van der Waals surface area (Å²) >= 11 is 1.23. The van der Waals surface area contributed by atoms with Gasteiger partial charge in [0, 0.05) is 5.69 Å². The van der Waals surface area contributed by atoms with Crippen molar-refractivity contribution in [2.24, 2.45) is 0 Å². The Bertz CT molecular complexity index is 960. The average Bonchev–Trinajstić information content (AvgIpc) is 3.18. The number of tetrazole rings is 1. The molecule has 1 heterocycles. The van der Waals surface area contributed by atoms with E-state index < -0.39 is 0 Å². The second-order valence-electron chi connectivity index (χ2n) is 6.23. The summed E-state index contributed by atoms with van der Waals surface area (Å²) in [5.41, 5.74) is 2.88. The van der Waals surface area contributed by atoms with Gasteiger partial charge in [-0.1, -0.05) is 67.2 Å². The van der Waals surface area contributed by atoms with Crippen molar-refractivity contribution in [2.45, 2.75) is 25.0 Å². The SMILES string of the molecule is CCc1ccccc1NC(=O)CNC(=O)CSc1nnnn1Cc1ccccc1. The smallest absolute Gasteiger partial charge is 0.243 e. The van der Waals surface area contributed by atoms with Gasteiger partial charge >= 0.3 is 0 Å². The third kappa shape index (κ3) is 6.15. The molecule has 0 bridgehead atoms. The van der Waals surface area contributed by atoms with Crippen LogP contribution in [-0.2, 0) is 22.6 Å². The summed E-state index contributed by atoms with van der Waals surface area (Å²) in [6, 6.07) is 17.4. The number of nitrogens with zero attached hydrogens (tertiary/aromatic N) is 4. The lowest BCUT2D eigenvalue weighted by atomic mass is 10.1. The minimum absolute atomic E-state index is 0.0909. The minimum atomic E-state index is -0.266. The van der Waals surface area contributed by atoms with Crippen LogP contribution >= 0.6 is 11.8 Å². The third-order valence-corrected chi connectivity index (χ3v) is 5.08. The molecule has 0 saturated carbocycles. The van der Waals surface area contributed by atoms with Gasteiger partial charge in [-0.2, -0.15) is 0 Å². The van der Waals surface area contributed by atoms with E-state index in [-0.39, 0.29) is 24.1 Å². The summed E-state index contributed by atoms with van der Waals surface area (Å²) in [5, 5.41) is 17.6. The van der Waals surface area contributed by atoms with Crippen LogP contribution in [0.15, 0.2) is 59.8 Å². The number of para-hydroxylation sites is 1. The van der Waals surface area contributed by atoms with Crippen LogP contribution in [0.1, 0.15) is 18.1 Å². The highest BCUT2D eigenvalue weighted by atomic mass is 32.2. The summed E-state index contributed by atoms with van der Waals surface area (Å²) in [5.74, 6) is -0.407.